The molecule has 2 N–H and O–H groups in total. The fourth-order valence-electron chi connectivity index (χ4n) is 2.42. The highest BCUT2D eigenvalue weighted by molar-refractivity contribution is 5.58. The van der Waals surface area contributed by atoms with Crippen molar-refractivity contribution in [1.82, 2.24) is 9.38 Å². The van der Waals surface area contributed by atoms with E-state index in [0.29, 0.717) is 5.92 Å². The van der Waals surface area contributed by atoms with Gasteiger partial charge in [-0.15, -0.1) is 0 Å². The summed E-state index contributed by atoms with van der Waals surface area (Å²) in [6.45, 7) is 4.44. The van der Waals surface area contributed by atoms with Crippen molar-refractivity contribution in [3.63, 3.8) is 0 Å². The summed E-state index contributed by atoms with van der Waals surface area (Å²) in [6.07, 6.45) is 7.26. The molecule has 0 atom stereocenters. The molecule has 1 saturated carbocycles. The lowest BCUT2D eigenvalue weighted by Gasteiger charge is -2.11. The van der Waals surface area contributed by atoms with Crippen LogP contribution in [0.3, 0.4) is 0 Å². The van der Waals surface area contributed by atoms with Crippen LogP contribution in [0.5, 0.6) is 0 Å². The fraction of sp³-hybridized carbons (Fsp3) is 0.500. The van der Waals surface area contributed by atoms with Gasteiger partial charge in [-0.3, -0.25) is 0 Å². The average molecular weight is 229 g/mol. The van der Waals surface area contributed by atoms with E-state index in [1.807, 2.05) is 6.20 Å². The summed E-state index contributed by atoms with van der Waals surface area (Å²) in [7, 11) is 0. The van der Waals surface area contributed by atoms with Crippen LogP contribution in [0.1, 0.15) is 38.1 Å². The monoisotopic (exact) mass is 229 g/mol. The van der Waals surface area contributed by atoms with E-state index in [2.05, 4.69) is 41.6 Å². The fourth-order valence-corrected chi connectivity index (χ4v) is 2.42. The molecule has 0 saturated heterocycles. The molecule has 1 aliphatic carbocycles. The van der Waals surface area contributed by atoms with Crippen molar-refractivity contribution in [2.75, 3.05) is 0 Å². The number of imidazole rings is 1. The lowest BCUT2D eigenvalue weighted by molar-refractivity contribution is 0.618. The van der Waals surface area contributed by atoms with E-state index in [1.165, 1.54) is 11.1 Å². The molecule has 0 unspecified atom stereocenters. The van der Waals surface area contributed by atoms with Gasteiger partial charge < -0.3 is 10.1 Å². The molecule has 0 bridgehead atoms. The lowest BCUT2D eigenvalue weighted by Crippen LogP contribution is -2.19. The van der Waals surface area contributed by atoms with Gasteiger partial charge in [-0.2, -0.15) is 0 Å². The van der Waals surface area contributed by atoms with Crippen LogP contribution in [0.25, 0.3) is 5.52 Å². The zero-order chi connectivity index (χ0) is 12.0. The predicted octanol–water partition coefficient (Wildman–Crippen LogP) is 2.48. The number of nitrogens with two attached hydrogens (primary N) is 1. The maximum atomic E-state index is 6.30. The summed E-state index contributed by atoms with van der Waals surface area (Å²) >= 11 is 0. The van der Waals surface area contributed by atoms with Gasteiger partial charge in [0, 0.05) is 18.2 Å². The zero-order valence-electron chi connectivity index (χ0n) is 10.5. The Kier molecular flexibility index (Phi) is 2.26. The Bertz CT molecular complexity index is 550. The van der Waals surface area contributed by atoms with E-state index >= 15 is 0 Å². The van der Waals surface area contributed by atoms with E-state index in [1.54, 1.807) is 0 Å². The first-order valence-electron chi connectivity index (χ1n) is 6.34. The molecule has 1 fully saturated rings. The number of hydrogen-bond donors (Lipinski definition) is 1. The lowest BCUT2D eigenvalue weighted by atomic mass is 10.1. The van der Waals surface area contributed by atoms with Crippen LogP contribution in [-0.2, 0) is 12.0 Å². The van der Waals surface area contributed by atoms with E-state index in [9.17, 15) is 0 Å². The van der Waals surface area contributed by atoms with Gasteiger partial charge in [0.05, 0.1) is 11.7 Å². The predicted molar refractivity (Wildman–Crippen MR) is 68.8 cm³/mol. The first kappa shape index (κ1) is 10.8. The Balaban J connectivity index is 2.12. The van der Waals surface area contributed by atoms with E-state index in [0.717, 1.165) is 25.1 Å². The highest BCUT2D eigenvalue weighted by Crippen LogP contribution is 2.44. The summed E-state index contributed by atoms with van der Waals surface area (Å²) in [5.74, 6) is 1.76. The van der Waals surface area contributed by atoms with Gasteiger partial charge >= 0.3 is 0 Å². The van der Waals surface area contributed by atoms with E-state index < -0.39 is 0 Å². The topological polar surface area (TPSA) is 43.3 Å². The van der Waals surface area contributed by atoms with Gasteiger partial charge in [-0.25, -0.2) is 4.98 Å². The molecule has 0 aliphatic heterocycles. The second-order valence-electron chi connectivity index (χ2n) is 5.61. The Hall–Kier alpha value is -1.35. The maximum Gasteiger partial charge on any atom is 0.113 e. The molecule has 0 amide bonds. The molecule has 3 nitrogen and oxygen atoms in total. The number of hydrogen-bond acceptors (Lipinski definition) is 2. The molecule has 90 valence electrons. The summed E-state index contributed by atoms with van der Waals surface area (Å²) in [5, 5.41) is 0. The number of aromatic nitrogens is 2. The molecular weight excluding hydrogens is 210 g/mol. The normalized spacial score (nSPS) is 17.9. The minimum Gasteiger partial charge on any atom is -0.321 e. The quantitative estimate of drug-likeness (QED) is 0.878. The Morgan fingerprint density at radius 3 is 2.88 bits per heavy atom. The first-order chi connectivity index (χ1) is 8.10. The van der Waals surface area contributed by atoms with E-state index in [4.69, 9.17) is 5.73 Å². The van der Waals surface area contributed by atoms with Gasteiger partial charge in [-0.1, -0.05) is 19.9 Å². The molecule has 3 rings (SSSR count). The van der Waals surface area contributed by atoms with Crippen LogP contribution in [0, 0.1) is 5.92 Å². The SMILES string of the molecule is CC(C)Cc1ncc2c(C3(N)CC3)cccn12. The molecule has 0 aromatic carbocycles. The third-order valence-corrected chi connectivity index (χ3v) is 3.56. The zero-order valence-corrected chi connectivity index (χ0v) is 10.5. The minimum atomic E-state index is -0.0857. The van der Waals surface area contributed by atoms with Crippen molar-refractivity contribution in [3.05, 3.63) is 35.9 Å². The molecule has 2 heterocycles. The van der Waals surface area contributed by atoms with Crippen LogP contribution in [0.15, 0.2) is 24.5 Å². The standard InChI is InChI=1S/C14H19N3/c1-10(2)8-13-16-9-12-11(14(15)5-6-14)4-3-7-17(12)13/h3-4,7,9-10H,5-6,8,15H2,1-2H3. The van der Waals surface area contributed by atoms with Crippen molar-refractivity contribution >= 4 is 5.52 Å². The van der Waals surface area contributed by atoms with Crippen LogP contribution in [0.4, 0.5) is 0 Å². The molecule has 17 heavy (non-hydrogen) atoms. The average Bonchev–Trinajstić information content (AvgIpc) is 2.90. The molecule has 1 aliphatic rings. The maximum absolute atomic E-state index is 6.30. The van der Waals surface area contributed by atoms with Crippen LogP contribution in [-0.4, -0.2) is 9.38 Å². The van der Waals surface area contributed by atoms with Crippen molar-refractivity contribution in [3.8, 4) is 0 Å². The van der Waals surface area contributed by atoms with Gasteiger partial charge in [-0.05, 0) is 30.4 Å². The summed E-state index contributed by atoms with van der Waals surface area (Å²) in [4.78, 5) is 4.54. The van der Waals surface area contributed by atoms with Gasteiger partial charge in [0.15, 0.2) is 0 Å². The molecular formula is C14H19N3. The summed E-state index contributed by atoms with van der Waals surface area (Å²) < 4.78 is 2.20. The summed E-state index contributed by atoms with van der Waals surface area (Å²) in [5.41, 5.74) is 8.65. The highest BCUT2D eigenvalue weighted by atomic mass is 15.0. The van der Waals surface area contributed by atoms with Crippen molar-refractivity contribution in [1.29, 1.82) is 0 Å². The highest BCUT2D eigenvalue weighted by Gasteiger charge is 2.41. The second kappa shape index (κ2) is 3.57. The molecule has 0 spiro atoms. The third-order valence-electron chi connectivity index (χ3n) is 3.56. The van der Waals surface area contributed by atoms with Crippen molar-refractivity contribution in [2.45, 2.75) is 38.6 Å². The third kappa shape index (κ3) is 1.75. The largest absolute Gasteiger partial charge is 0.321 e. The number of fused-ring (bicyclic) bond motifs is 1. The number of nitrogens with zero attached hydrogens (tertiary/aromatic N) is 2. The number of pyridine rings is 1. The van der Waals surface area contributed by atoms with Gasteiger partial charge in [0.25, 0.3) is 0 Å². The summed E-state index contributed by atoms with van der Waals surface area (Å²) in [6, 6.07) is 4.23. The Labute approximate surface area is 102 Å². The van der Waals surface area contributed by atoms with Crippen LogP contribution >= 0.6 is 0 Å². The Morgan fingerprint density at radius 1 is 1.47 bits per heavy atom. The van der Waals surface area contributed by atoms with E-state index in [-0.39, 0.29) is 5.54 Å². The first-order valence-corrected chi connectivity index (χ1v) is 6.34. The Morgan fingerprint density at radius 2 is 2.24 bits per heavy atom. The van der Waals surface area contributed by atoms with Crippen molar-refractivity contribution < 1.29 is 0 Å². The minimum absolute atomic E-state index is 0.0857. The van der Waals surface area contributed by atoms with Crippen molar-refractivity contribution in [2.24, 2.45) is 11.7 Å². The van der Waals surface area contributed by atoms with Crippen LogP contribution in [0.2, 0.25) is 0 Å². The number of rotatable bonds is 3. The molecule has 3 heteroatoms. The second-order valence-corrected chi connectivity index (χ2v) is 5.61. The van der Waals surface area contributed by atoms with Crippen LogP contribution < -0.4 is 5.73 Å². The molecule has 2 aromatic heterocycles. The smallest absolute Gasteiger partial charge is 0.113 e. The van der Waals surface area contributed by atoms with Gasteiger partial charge in [0.1, 0.15) is 5.82 Å². The molecule has 2 aromatic rings. The van der Waals surface area contributed by atoms with Gasteiger partial charge in [0.2, 0.25) is 0 Å². The molecule has 0 radical (unpaired) electrons.